The molecule has 58 heavy (non-hydrogen) atoms. The van der Waals surface area contributed by atoms with Crippen molar-refractivity contribution in [1.29, 1.82) is 0 Å². The van der Waals surface area contributed by atoms with Crippen molar-refractivity contribution in [2.24, 2.45) is 0 Å². The Morgan fingerprint density at radius 2 is 0.897 bits per heavy atom. The molecule has 0 unspecified atom stereocenters. The third kappa shape index (κ3) is 5.05. The quantitative estimate of drug-likeness (QED) is 0.177. The molecule has 11 aromatic rings. The Morgan fingerprint density at radius 1 is 0.379 bits per heavy atom. The first kappa shape index (κ1) is 32.5. The average Bonchev–Trinajstić information content (AvgIpc) is 3.86. The zero-order valence-electron chi connectivity index (χ0n) is 31.5. The van der Waals surface area contributed by atoms with Crippen LogP contribution in [0.1, 0.15) is 11.1 Å². The van der Waals surface area contributed by atoms with Crippen molar-refractivity contribution in [3.05, 3.63) is 205 Å². The Labute approximate surface area is 335 Å². The Balaban J connectivity index is 1.08. The number of aromatic nitrogens is 4. The molecular weight excluding hydrogens is 705 g/mol. The highest BCUT2D eigenvalue weighted by Crippen LogP contribution is 2.48. The molecule has 0 atom stereocenters. The summed E-state index contributed by atoms with van der Waals surface area (Å²) in [4.78, 5) is 15.1. The van der Waals surface area contributed by atoms with Crippen LogP contribution in [0.3, 0.4) is 0 Å². The van der Waals surface area contributed by atoms with Crippen molar-refractivity contribution in [2.45, 2.75) is 6.42 Å². The van der Waals surface area contributed by atoms with Crippen LogP contribution in [0.15, 0.2) is 194 Å². The molecule has 0 bridgehead atoms. The third-order valence-electron chi connectivity index (χ3n) is 11.9. The predicted octanol–water partition coefficient (Wildman–Crippen LogP) is 13.5. The van der Waals surface area contributed by atoms with Gasteiger partial charge in [0.05, 0.1) is 16.7 Å². The molecule has 0 amide bonds. The molecule has 0 aliphatic heterocycles. The smallest absolute Gasteiger partial charge is 0.164 e. The normalized spacial score (nSPS) is 12.1. The molecule has 270 valence electrons. The molecule has 0 saturated carbocycles. The lowest BCUT2D eigenvalue weighted by atomic mass is 9.92. The minimum absolute atomic E-state index is 0.646. The van der Waals surface area contributed by atoms with Gasteiger partial charge in [-0.05, 0) is 79.2 Å². The van der Waals surface area contributed by atoms with Gasteiger partial charge in [-0.25, -0.2) is 15.0 Å². The molecule has 12 rings (SSSR count). The fraction of sp³-hybridized carbons (Fsp3) is 0.0185. The molecule has 0 radical (unpaired) electrons. The molecule has 0 spiro atoms. The lowest BCUT2D eigenvalue weighted by Gasteiger charge is -2.18. The van der Waals surface area contributed by atoms with Gasteiger partial charge in [0.25, 0.3) is 0 Å². The fourth-order valence-electron chi connectivity index (χ4n) is 9.25. The maximum atomic E-state index is 5.07. The van der Waals surface area contributed by atoms with Crippen LogP contribution in [0.5, 0.6) is 0 Å². The fourth-order valence-corrected chi connectivity index (χ4v) is 9.25. The van der Waals surface area contributed by atoms with E-state index in [9.17, 15) is 0 Å². The van der Waals surface area contributed by atoms with E-state index in [1.54, 1.807) is 0 Å². The topological polar surface area (TPSA) is 43.6 Å². The SMILES string of the molecule is c1ccc(-c2nc(-c3ccccc3)nc(-c3cccc(-c4ccc(-n5c6ccc7ccccc7c6c6c7ccccc7ccc65)c5c4-c4ccccc4C5)c3)n2)cc1. The second-order valence-corrected chi connectivity index (χ2v) is 15.1. The Bertz CT molecular complexity index is 3270. The minimum Gasteiger partial charge on any atom is -0.309 e. The summed E-state index contributed by atoms with van der Waals surface area (Å²) >= 11 is 0. The summed E-state index contributed by atoms with van der Waals surface area (Å²) < 4.78 is 2.52. The number of rotatable bonds is 5. The second-order valence-electron chi connectivity index (χ2n) is 15.1. The largest absolute Gasteiger partial charge is 0.309 e. The summed E-state index contributed by atoms with van der Waals surface area (Å²) in [7, 11) is 0. The summed E-state index contributed by atoms with van der Waals surface area (Å²) in [6, 6.07) is 69.4. The van der Waals surface area contributed by atoms with Crippen LogP contribution < -0.4 is 0 Å². The Morgan fingerprint density at radius 3 is 1.53 bits per heavy atom. The van der Waals surface area contributed by atoms with E-state index in [1.807, 2.05) is 36.4 Å². The molecule has 4 nitrogen and oxygen atoms in total. The van der Waals surface area contributed by atoms with Crippen molar-refractivity contribution in [1.82, 2.24) is 19.5 Å². The van der Waals surface area contributed by atoms with Crippen molar-refractivity contribution in [3.8, 4) is 62.1 Å². The van der Waals surface area contributed by atoms with E-state index in [0.717, 1.165) is 28.7 Å². The summed E-state index contributed by atoms with van der Waals surface area (Å²) in [6.45, 7) is 0. The highest BCUT2D eigenvalue weighted by Gasteiger charge is 2.28. The Kier molecular flexibility index (Phi) is 7.26. The van der Waals surface area contributed by atoms with Gasteiger partial charge >= 0.3 is 0 Å². The highest BCUT2D eigenvalue weighted by molar-refractivity contribution is 6.28. The van der Waals surface area contributed by atoms with Gasteiger partial charge in [-0.2, -0.15) is 0 Å². The molecule has 0 fully saturated rings. The molecule has 1 aliphatic carbocycles. The van der Waals surface area contributed by atoms with Gasteiger partial charge in [-0.3, -0.25) is 0 Å². The van der Waals surface area contributed by atoms with Gasteiger partial charge in [-0.15, -0.1) is 0 Å². The highest BCUT2D eigenvalue weighted by atomic mass is 15.0. The third-order valence-corrected chi connectivity index (χ3v) is 11.9. The zero-order chi connectivity index (χ0) is 38.2. The summed E-state index contributed by atoms with van der Waals surface area (Å²) in [5.41, 5.74) is 14.1. The van der Waals surface area contributed by atoms with Crippen LogP contribution in [-0.2, 0) is 6.42 Å². The van der Waals surface area contributed by atoms with E-state index < -0.39 is 0 Å². The van der Waals surface area contributed by atoms with Gasteiger partial charge in [-0.1, -0.05) is 170 Å². The summed E-state index contributed by atoms with van der Waals surface area (Å²) in [5, 5.41) is 7.65. The van der Waals surface area contributed by atoms with Gasteiger partial charge in [0.1, 0.15) is 0 Å². The molecule has 4 heteroatoms. The van der Waals surface area contributed by atoms with Crippen molar-refractivity contribution in [2.75, 3.05) is 0 Å². The summed E-state index contributed by atoms with van der Waals surface area (Å²) in [6.07, 6.45) is 0.852. The molecule has 2 aromatic heterocycles. The molecule has 9 aromatic carbocycles. The molecule has 0 saturated heterocycles. The molecule has 1 aliphatic rings. The number of benzene rings is 9. The first-order chi connectivity index (χ1) is 28.8. The first-order valence-corrected chi connectivity index (χ1v) is 19.8. The number of fused-ring (bicyclic) bond motifs is 10. The van der Waals surface area contributed by atoms with Crippen molar-refractivity contribution < 1.29 is 0 Å². The lowest BCUT2D eigenvalue weighted by molar-refractivity contribution is 1.07. The van der Waals surface area contributed by atoms with Gasteiger partial charge < -0.3 is 4.57 Å². The van der Waals surface area contributed by atoms with Crippen LogP contribution in [0, 0.1) is 0 Å². The maximum Gasteiger partial charge on any atom is 0.164 e. The minimum atomic E-state index is 0.646. The van der Waals surface area contributed by atoms with Crippen LogP contribution in [0.2, 0.25) is 0 Å². The molecular formula is C54H34N4. The monoisotopic (exact) mass is 738 g/mol. The Hall–Kier alpha value is -7.69. The van der Waals surface area contributed by atoms with Crippen LogP contribution in [-0.4, -0.2) is 19.5 Å². The van der Waals surface area contributed by atoms with Crippen molar-refractivity contribution >= 4 is 43.4 Å². The maximum absolute atomic E-state index is 5.07. The van der Waals surface area contributed by atoms with Gasteiger partial charge in [0, 0.05) is 33.9 Å². The van der Waals surface area contributed by atoms with Crippen LogP contribution in [0.4, 0.5) is 0 Å². The van der Waals surface area contributed by atoms with E-state index in [2.05, 4.69) is 162 Å². The zero-order valence-corrected chi connectivity index (χ0v) is 31.5. The first-order valence-electron chi connectivity index (χ1n) is 19.8. The molecule has 2 heterocycles. The number of nitrogens with zero attached hydrogens (tertiary/aromatic N) is 4. The van der Waals surface area contributed by atoms with E-state index in [1.165, 1.54) is 76.9 Å². The van der Waals surface area contributed by atoms with Crippen LogP contribution in [0.25, 0.3) is 105 Å². The molecule has 0 N–H and O–H groups in total. The van der Waals surface area contributed by atoms with E-state index >= 15 is 0 Å². The van der Waals surface area contributed by atoms with Gasteiger partial charge in [0.15, 0.2) is 17.5 Å². The second kappa shape index (κ2) is 12.9. The number of hydrogen-bond donors (Lipinski definition) is 0. The van der Waals surface area contributed by atoms with Crippen molar-refractivity contribution in [3.63, 3.8) is 0 Å². The van der Waals surface area contributed by atoms with E-state index in [-0.39, 0.29) is 0 Å². The number of hydrogen-bond acceptors (Lipinski definition) is 3. The van der Waals surface area contributed by atoms with Crippen LogP contribution >= 0.6 is 0 Å². The summed E-state index contributed by atoms with van der Waals surface area (Å²) in [5.74, 6) is 1.95. The average molecular weight is 739 g/mol. The van der Waals surface area contributed by atoms with E-state index in [0.29, 0.717) is 17.5 Å². The predicted molar refractivity (Wildman–Crippen MR) is 239 cm³/mol. The van der Waals surface area contributed by atoms with Gasteiger partial charge in [0.2, 0.25) is 0 Å². The standard InChI is InChI=1S/C54H34N4/c1-3-16-36(17-4-1)52-55-53(37-18-5-2-6-19-37)57-54(56-52)40-22-13-21-38(32-40)44-28-31-46(45-33-39-20-9-12-25-43(39)49(44)45)58-47-29-26-34-14-7-10-23-41(34)50(47)51-42-24-11-8-15-35(42)27-30-48(51)58/h1-32H,33H2. The lowest BCUT2D eigenvalue weighted by Crippen LogP contribution is -2.01. The van der Waals surface area contributed by atoms with E-state index in [4.69, 9.17) is 15.0 Å².